The fraction of sp³-hybridized carbons (Fsp3) is 0.190. The van der Waals surface area contributed by atoms with Crippen molar-refractivity contribution in [1.82, 2.24) is 5.32 Å². The Morgan fingerprint density at radius 1 is 1.12 bits per heavy atom. The zero-order valence-electron chi connectivity index (χ0n) is 14.4. The molecule has 1 N–H and O–H groups in total. The van der Waals surface area contributed by atoms with Crippen LogP contribution >= 0.6 is 23.2 Å². The van der Waals surface area contributed by atoms with E-state index in [1.807, 2.05) is 18.2 Å². The number of halogens is 2. The lowest BCUT2D eigenvalue weighted by Crippen LogP contribution is -2.14. The zero-order chi connectivity index (χ0) is 18.8. The van der Waals surface area contributed by atoms with Crippen molar-refractivity contribution < 1.29 is 9.53 Å². The van der Waals surface area contributed by atoms with Gasteiger partial charge in [0.05, 0.1) is 5.02 Å². The van der Waals surface area contributed by atoms with E-state index in [1.54, 1.807) is 42.5 Å². The Balaban J connectivity index is 1.85. The Kier molecular flexibility index (Phi) is 8.42. The maximum Gasteiger partial charge on any atom is 0.194 e. The SMILES string of the molecule is C=CCCNCC=CCOc1ccc(C(=O)c2ccc(Cl)cc2Cl)cc1. The number of nitrogens with one attached hydrogen (secondary N) is 1. The van der Waals surface area contributed by atoms with Crippen molar-refractivity contribution in [3.8, 4) is 5.75 Å². The Hall–Kier alpha value is -2.07. The van der Waals surface area contributed by atoms with Crippen molar-refractivity contribution in [2.45, 2.75) is 6.42 Å². The number of ether oxygens (including phenoxy) is 1. The summed E-state index contributed by atoms with van der Waals surface area (Å²) in [4.78, 5) is 12.5. The molecule has 0 aromatic heterocycles. The van der Waals surface area contributed by atoms with Crippen molar-refractivity contribution >= 4 is 29.0 Å². The molecular formula is C21H21Cl2NO2. The second kappa shape index (κ2) is 10.8. The summed E-state index contributed by atoms with van der Waals surface area (Å²) >= 11 is 12.0. The molecule has 2 aromatic rings. The maximum absolute atomic E-state index is 12.5. The Bertz CT molecular complexity index is 770. The van der Waals surface area contributed by atoms with Crippen LogP contribution in [-0.2, 0) is 0 Å². The predicted molar refractivity (Wildman–Crippen MR) is 109 cm³/mol. The van der Waals surface area contributed by atoms with E-state index in [9.17, 15) is 4.79 Å². The molecule has 0 bridgehead atoms. The van der Waals surface area contributed by atoms with Gasteiger partial charge in [-0.25, -0.2) is 0 Å². The summed E-state index contributed by atoms with van der Waals surface area (Å²) in [5.41, 5.74) is 0.972. The van der Waals surface area contributed by atoms with Crippen molar-refractivity contribution in [2.75, 3.05) is 19.7 Å². The third kappa shape index (κ3) is 6.34. The molecular weight excluding hydrogens is 369 g/mol. The van der Waals surface area contributed by atoms with Crippen LogP contribution in [0.2, 0.25) is 10.0 Å². The third-order valence-electron chi connectivity index (χ3n) is 3.59. The fourth-order valence-electron chi connectivity index (χ4n) is 2.22. The van der Waals surface area contributed by atoms with Gasteiger partial charge in [-0.05, 0) is 55.4 Å². The number of benzene rings is 2. The molecule has 0 aliphatic rings. The molecule has 0 atom stereocenters. The van der Waals surface area contributed by atoms with E-state index in [1.165, 1.54) is 0 Å². The second-order valence-electron chi connectivity index (χ2n) is 5.54. The van der Waals surface area contributed by atoms with Crippen molar-refractivity contribution in [2.24, 2.45) is 0 Å². The summed E-state index contributed by atoms with van der Waals surface area (Å²) in [6.07, 6.45) is 6.81. The average Bonchev–Trinajstić information content (AvgIpc) is 2.64. The summed E-state index contributed by atoms with van der Waals surface area (Å²) in [7, 11) is 0. The van der Waals surface area contributed by atoms with E-state index in [4.69, 9.17) is 27.9 Å². The number of carbonyl (C=O) groups is 1. The highest BCUT2D eigenvalue weighted by atomic mass is 35.5. The molecule has 2 rings (SSSR count). The molecule has 0 unspecified atom stereocenters. The number of ketones is 1. The molecule has 0 aliphatic carbocycles. The molecule has 3 nitrogen and oxygen atoms in total. The Morgan fingerprint density at radius 2 is 1.88 bits per heavy atom. The Labute approximate surface area is 164 Å². The van der Waals surface area contributed by atoms with E-state index in [0.717, 1.165) is 19.5 Å². The van der Waals surface area contributed by atoms with Gasteiger partial charge in [-0.15, -0.1) is 6.58 Å². The largest absolute Gasteiger partial charge is 0.490 e. The van der Waals surface area contributed by atoms with Crippen LogP contribution in [-0.4, -0.2) is 25.5 Å². The van der Waals surface area contributed by atoms with Gasteiger partial charge in [0.15, 0.2) is 5.78 Å². The molecule has 5 heteroatoms. The first-order chi connectivity index (χ1) is 12.6. The average molecular weight is 390 g/mol. The van der Waals surface area contributed by atoms with Crippen LogP contribution in [0.15, 0.2) is 67.3 Å². The summed E-state index contributed by atoms with van der Waals surface area (Å²) in [6, 6.07) is 11.8. The number of hydrogen-bond acceptors (Lipinski definition) is 3. The second-order valence-corrected chi connectivity index (χ2v) is 6.39. The first-order valence-electron chi connectivity index (χ1n) is 8.31. The van der Waals surface area contributed by atoms with Gasteiger partial charge in [0.25, 0.3) is 0 Å². The van der Waals surface area contributed by atoms with Gasteiger partial charge in [-0.2, -0.15) is 0 Å². The van der Waals surface area contributed by atoms with Gasteiger partial charge in [0, 0.05) is 22.7 Å². The van der Waals surface area contributed by atoms with Crippen molar-refractivity contribution in [3.05, 3.63) is 88.4 Å². The molecule has 0 radical (unpaired) electrons. The topological polar surface area (TPSA) is 38.3 Å². The van der Waals surface area contributed by atoms with Gasteiger partial charge >= 0.3 is 0 Å². The minimum Gasteiger partial charge on any atom is -0.490 e. The highest BCUT2D eigenvalue weighted by molar-refractivity contribution is 6.37. The molecule has 0 aliphatic heterocycles. The molecule has 0 saturated carbocycles. The molecule has 136 valence electrons. The number of rotatable bonds is 10. The van der Waals surface area contributed by atoms with E-state index in [0.29, 0.717) is 33.5 Å². The van der Waals surface area contributed by atoms with Crippen molar-refractivity contribution in [1.29, 1.82) is 0 Å². The lowest BCUT2D eigenvalue weighted by Gasteiger charge is -2.06. The van der Waals surface area contributed by atoms with Crippen LogP contribution in [0.25, 0.3) is 0 Å². The molecule has 26 heavy (non-hydrogen) atoms. The minimum atomic E-state index is -0.149. The van der Waals surface area contributed by atoms with Crippen LogP contribution < -0.4 is 10.1 Å². The summed E-state index contributed by atoms with van der Waals surface area (Å²) in [6.45, 7) is 5.86. The summed E-state index contributed by atoms with van der Waals surface area (Å²) < 4.78 is 5.63. The normalized spacial score (nSPS) is 10.8. The molecule has 0 saturated heterocycles. The molecule has 0 amide bonds. The van der Waals surface area contributed by atoms with E-state index < -0.39 is 0 Å². The van der Waals surface area contributed by atoms with E-state index in [2.05, 4.69) is 11.9 Å². The molecule has 0 heterocycles. The smallest absolute Gasteiger partial charge is 0.194 e. The molecule has 2 aromatic carbocycles. The monoisotopic (exact) mass is 389 g/mol. The van der Waals surface area contributed by atoms with Gasteiger partial charge in [0.2, 0.25) is 0 Å². The summed E-state index contributed by atoms with van der Waals surface area (Å²) in [5.74, 6) is 0.553. The minimum absolute atomic E-state index is 0.149. The fourth-order valence-corrected chi connectivity index (χ4v) is 2.71. The number of hydrogen-bond donors (Lipinski definition) is 1. The quantitative estimate of drug-likeness (QED) is 0.339. The molecule has 0 spiro atoms. The zero-order valence-corrected chi connectivity index (χ0v) is 15.9. The lowest BCUT2D eigenvalue weighted by molar-refractivity contribution is 0.103. The van der Waals surface area contributed by atoms with Gasteiger partial charge in [0.1, 0.15) is 12.4 Å². The van der Waals surface area contributed by atoms with Crippen LogP contribution in [0.4, 0.5) is 0 Å². The molecule has 0 fully saturated rings. The lowest BCUT2D eigenvalue weighted by atomic mass is 10.0. The third-order valence-corrected chi connectivity index (χ3v) is 4.14. The Morgan fingerprint density at radius 3 is 2.58 bits per heavy atom. The van der Waals surface area contributed by atoms with E-state index in [-0.39, 0.29) is 5.78 Å². The van der Waals surface area contributed by atoms with Crippen LogP contribution in [0.1, 0.15) is 22.3 Å². The summed E-state index contributed by atoms with van der Waals surface area (Å²) in [5, 5.41) is 4.10. The first kappa shape index (κ1) is 20.2. The van der Waals surface area contributed by atoms with Crippen LogP contribution in [0.5, 0.6) is 5.75 Å². The van der Waals surface area contributed by atoms with Crippen LogP contribution in [0.3, 0.4) is 0 Å². The van der Waals surface area contributed by atoms with Crippen LogP contribution in [0, 0.1) is 0 Å². The van der Waals surface area contributed by atoms with Gasteiger partial charge in [-0.1, -0.05) is 41.4 Å². The van der Waals surface area contributed by atoms with E-state index >= 15 is 0 Å². The predicted octanol–water partition coefficient (Wildman–Crippen LogP) is 5.33. The highest BCUT2D eigenvalue weighted by Gasteiger charge is 2.13. The van der Waals surface area contributed by atoms with Gasteiger partial charge in [-0.3, -0.25) is 4.79 Å². The highest BCUT2D eigenvalue weighted by Crippen LogP contribution is 2.24. The maximum atomic E-state index is 12.5. The van der Waals surface area contributed by atoms with Crippen molar-refractivity contribution in [3.63, 3.8) is 0 Å². The standard InChI is InChI=1S/C21H21Cl2NO2/c1-2-3-12-24-13-4-5-14-26-18-9-6-16(7-10-18)21(25)19-11-8-17(22)15-20(19)23/h2,4-11,15,24H,1,3,12-14H2. The number of carbonyl (C=O) groups excluding carboxylic acids is 1. The first-order valence-corrected chi connectivity index (χ1v) is 9.06. The van der Waals surface area contributed by atoms with Gasteiger partial charge < -0.3 is 10.1 Å².